The predicted molar refractivity (Wildman–Crippen MR) is 172 cm³/mol. The Morgan fingerprint density at radius 3 is 2.07 bits per heavy atom. The van der Waals surface area contributed by atoms with E-state index in [0.29, 0.717) is 25.1 Å². The lowest BCUT2D eigenvalue weighted by molar-refractivity contribution is -0.248. The van der Waals surface area contributed by atoms with E-state index in [1.54, 1.807) is 59.8 Å². The molecule has 10 heteroatoms. The molecule has 1 N–H and O–H groups in total. The van der Waals surface area contributed by atoms with Crippen molar-refractivity contribution in [3.05, 3.63) is 71.8 Å². The Kier molecular flexibility index (Phi) is 12.5. The third-order valence-electron chi connectivity index (χ3n) is 7.18. The van der Waals surface area contributed by atoms with Crippen molar-refractivity contribution < 1.29 is 42.9 Å². The molecule has 10 nitrogen and oxygen atoms in total. The summed E-state index contributed by atoms with van der Waals surface area (Å²) in [7, 11) is 0. The van der Waals surface area contributed by atoms with Crippen LogP contribution in [0.3, 0.4) is 0 Å². The van der Waals surface area contributed by atoms with Gasteiger partial charge in [0.25, 0.3) is 0 Å². The zero-order chi connectivity index (χ0) is 34.1. The second-order valence-electron chi connectivity index (χ2n) is 13.4. The fourth-order valence-electron chi connectivity index (χ4n) is 4.45. The van der Waals surface area contributed by atoms with Gasteiger partial charge in [-0.05, 0) is 76.8 Å². The second kappa shape index (κ2) is 15.9. The summed E-state index contributed by atoms with van der Waals surface area (Å²) in [6.45, 7) is 15.5. The summed E-state index contributed by atoms with van der Waals surface area (Å²) in [5, 5.41) is 2.94. The van der Waals surface area contributed by atoms with E-state index in [1.807, 2.05) is 36.4 Å². The average molecular weight is 638 g/mol. The summed E-state index contributed by atoms with van der Waals surface area (Å²) in [5.41, 5.74) is 1.40. The van der Waals surface area contributed by atoms with Crippen molar-refractivity contribution in [1.29, 1.82) is 0 Å². The number of amides is 1. The van der Waals surface area contributed by atoms with E-state index in [0.717, 1.165) is 16.7 Å². The van der Waals surface area contributed by atoms with Crippen molar-refractivity contribution >= 4 is 29.9 Å². The Morgan fingerprint density at radius 1 is 0.891 bits per heavy atom. The Labute approximate surface area is 271 Å². The first-order valence-corrected chi connectivity index (χ1v) is 15.5. The molecule has 0 saturated carbocycles. The molecule has 46 heavy (non-hydrogen) atoms. The number of rotatable bonds is 12. The lowest BCUT2D eigenvalue weighted by Gasteiger charge is -2.40. The minimum absolute atomic E-state index is 0.0555. The third kappa shape index (κ3) is 11.3. The van der Waals surface area contributed by atoms with Crippen LogP contribution in [0.25, 0.3) is 6.08 Å². The molecular weight excluding hydrogens is 590 g/mol. The van der Waals surface area contributed by atoms with Crippen LogP contribution < -0.4 is 10.1 Å². The molecule has 0 bridgehead atoms. The van der Waals surface area contributed by atoms with Gasteiger partial charge in [0, 0.05) is 19.9 Å². The highest BCUT2D eigenvalue weighted by molar-refractivity contribution is 5.76. The first kappa shape index (κ1) is 36.3. The summed E-state index contributed by atoms with van der Waals surface area (Å²) in [6, 6.07) is 15.1. The molecular formula is C36H47NO9. The Hall–Kier alpha value is -4.18. The number of esters is 3. The van der Waals surface area contributed by atoms with E-state index in [-0.39, 0.29) is 18.9 Å². The van der Waals surface area contributed by atoms with Crippen molar-refractivity contribution in [2.75, 3.05) is 6.61 Å². The van der Waals surface area contributed by atoms with E-state index >= 15 is 0 Å². The van der Waals surface area contributed by atoms with Crippen LogP contribution in [0.15, 0.2) is 55.1 Å². The molecule has 250 valence electrons. The normalized spacial score (nSPS) is 19.8. The maximum absolute atomic E-state index is 12.9. The number of carbonyl (C=O) groups excluding carboxylic acids is 4. The topological polar surface area (TPSA) is 126 Å². The Bertz CT molecular complexity index is 1350. The van der Waals surface area contributed by atoms with Gasteiger partial charge < -0.3 is 29.0 Å². The maximum atomic E-state index is 12.9. The lowest BCUT2D eigenvalue weighted by Crippen LogP contribution is -2.55. The number of hydrogen-bond donors (Lipinski definition) is 1. The van der Waals surface area contributed by atoms with Gasteiger partial charge in [0.15, 0.2) is 6.10 Å². The predicted octanol–water partition coefficient (Wildman–Crippen LogP) is 5.55. The fraction of sp³-hybridized carbons (Fsp3) is 0.500. The number of ether oxygens (including phenoxy) is 5. The highest BCUT2D eigenvalue weighted by atomic mass is 16.7. The molecule has 0 unspecified atom stereocenters. The quantitative estimate of drug-likeness (QED) is 0.235. The molecule has 0 aromatic heterocycles. The van der Waals surface area contributed by atoms with E-state index in [9.17, 15) is 19.2 Å². The molecule has 0 aliphatic carbocycles. The van der Waals surface area contributed by atoms with Crippen LogP contribution in [-0.2, 0) is 51.1 Å². The smallest absolute Gasteiger partial charge is 0.311 e. The average Bonchev–Trinajstić information content (AvgIpc) is 2.98. The van der Waals surface area contributed by atoms with Crippen molar-refractivity contribution in [3.63, 3.8) is 0 Å². The van der Waals surface area contributed by atoms with Crippen molar-refractivity contribution in [3.8, 4) is 5.75 Å². The van der Waals surface area contributed by atoms with Gasteiger partial charge >= 0.3 is 17.9 Å². The van der Waals surface area contributed by atoms with Gasteiger partial charge in [0.1, 0.15) is 24.6 Å². The van der Waals surface area contributed by atoms with Crippen LogP contribution in [0.4, 0.5) is 0 Å². The molecule has 2 aromatic carbocycles. The molecule has 2 aromatic rings. The van der Waals surface area contributed by atoms with E-state index < -0.39 is 53.3 Å². The van der Waals surface area contributed by atoms with E-state index in [1.165, 1.54) is 6.92 Å². The lowest BCUT2D eigenvalue weighted by atomic mass is 9.95. The first-order valence-electron chi connectivity index (χ1n) is 15.5. The number of carbonyl (C=O) groups is 4. The van der Waals surface area contributed by atoms with E-state index in [4.69, 9.17) is 23.7 Å². The summed E-state index contributed by atoms with van der Waals surface area (Å²) in [5.74, 6) is -1.11. The molecule has 3 rings (SSSR count). The summed E-state index contributed by atoms with van der Waals surface area (Å²) in [6.07, 6.45) is -1.08. The van der Waals surface area contributed by atoms with E-state index in [2.05, 4.69) is 11.9 Å². The molecule has 4 atom stereocenters. The van der Waals surface area contributed by atoms with Crippen LogP contribution >= 0.6 is 0 Å². The largest absolute Gasteiger partial charge is 0.465 e. The molecule has 1 saturated heterocycles. The Morgan fingerprint density at radius 2 is 1.50 bits per heavy atom. The van der Waals surface area contributed by atoms with Gasteiger partial charge in [0.05, 0.1) is 17.3 Å². The van der Waals surface area contributed by atoms with Crippen LogP contribution in [0.5, 0.6) is 5.75 Å². The molecule has 1 heterocycles. The van der Waals surface area contributed by atoms with Gasteiger partial charge in [-0.3, -0.25) is 19.2 Å². The molecule has 0 spiro atoms. The summed E-state index contributed by atoms with van der Waals surface area (Å²) < 4.78 is 29.1. The van der Waals surface area contributed by atoms with Gasteiger partial charge in [-0.15, -0.1) is 0 Å². The van der Waals surface area contributed by atoms with Crippen molar-refractivity contribution in [2.45, 2.75) is 98.9 Å². The van der Waals surface area contributed by atoms with Crippen LogP contribution in [0, 0.1) is 10.8 Å². The molecule has 1 aliphatic rings. The minimum Gasteiger partial charge on any atom is -0.465 e. The van der Waals surface area contributed by atoms with Crippen LogP contribution in [-0.4, -0.2) is 55.0 Å². The highest BCUT2D eigenvalue weighted by Crippen LogP contribution is 2.31. The Balaban J connectivity index is 1.65. The standard InChI is InChI=1S/C36H47NO9/c1-9-24-10-12-26(13-11-24)21-37-30(39)19-16-25-14-17-27(18-15-25)44-31-20-28(46-34(41)36(6,7)8)32(43-23(2)38)29(45-31)22-42-33(40)35(3,4)5/h9-15,17-18,28-29,31-32H,1,16,19-22H2,2-8H3,(H,37,39)/t28-,29-,31-,32+/m1/s1. The van der Waals surface area contributed by atoms with Crippen LogP contribution in [0.2, 0.25) is 0 Å². The second-order valence-corrected chi connectivity index (χ2v) is 13.4. The number of hydrogen-bond acceptors (Lipinski definition) is 9. The first-order chi connectivity index (χ1) is 21.5. The van der Waals surface area contributed by atoms with Gasteiger partial charge in [-0.1, -0.05) is 49.1 Å². The monoisotopic (exact) mass is 637 g/mol. The molecule has 1 fully saturated rings. The highest BCUT2D eigenvalue weighted by Gasteiger charge is 2.46. The van der Waals surface area contributed by atoms with Crippen molar-refractivity contribution in [1.82, 2.24) is 5.32 Å². The van der Waals surface area contributed by atoms with Gasteiger partial charge in [-0.25, -0.2) is 0 Å². The number of nitrogens with one attached hydrogen (secondary N) is 1. The van der Waals surface area contributed by atoms with Crippen molar-refractivity contribution in [2.24, 2.45) is 10.8 Å². The number of benzene rings is 2. The minimum atomic E-state index is -1.02. The summed E-state index contributed by atoms with van der Waals surface area (Å²) in [4.78, 5) is 49.8. The van der Waals surface area contributed by atoms with Crippen LogP contribution in [0.1, 0.15) is 78.0 Å². The molecule has 1 amide bonds. The summed E-state index contributed by atoms with van der Waals surface area (Å²) >= 11 is 0. The van der Waals surface area contributed by atoms with Gasteiger partial charge in [-0.2, -0.15) is 0 Å². The zero-order valence-electron chi connectivity index (χ0n) is 27.9. The zero-order valence-corrected chi connectivity index (χ0v) is 27.9. The SMILES string of the molecule is C=Cc1ccc(CNC(=O)CCc2ccc(O[C@H]3C[C@@H](OC(=O)C(C)(C)C)[C@H](OC(C)=O)[C@@H](COC(=O)C(C)(C)C)O3)cc2)cc1. The maximum Gasteiger partial charge on any atom is 0.311 e. The number of aryl methyl sites for hydroxylation is 1. The molecule has 0 radical (unpaired) electrons. The fourth-order valence-corrected chi connectivity index (χ4v) is 4.45. The van der Waals surface area contributed by atoms with Gasteiger partial charge in [0.2, 0.25) is 12.2 Å². The third-order valence-corrected chi connectivity index (χ3v) is 7.18. The molecule has 1 aliphatic heterocycles.